The van der Waals surface area contributed by atoms with Crippen molar-refractivity contribution in [3.63, 3.8) is 0 Å². The molecule has 0 aliphatic rings. The van der Waals surface area contributed by atoms with Crippen molar-refractivity contribution in [2.24, 2.45) is 5.92 Å². The van der Waals surface area contributed by atoms with E-state index in [9.17, 15) is 9.90 Å². The fourth-order valence-electron chi connectivity index (χ4n) is 1.68. The topological polar surface area (TPSA) is 73.1 Å². The Morgan fingerprint density at radius 1 is 1.40 bits per heavy atom. The number of carbonyl (C=O) groups is 1. The number of hydrogen-bond donors (Lipinski definition) is 2. The van der Waals surface area contributed by atoms with Crippen molar-refractivity contribution in [2.45, 2.75) is 31.3 Å². The van der Waals surface area contributed by atoms with Gasteiger partial charge in [-0.05, 0) is 36.6 Å². The van der Waals surface area contributed by atoms with Gasteiger partial charge in [-0.15, -0.1) is 11.8 Å². The zero-order valence-corrected chi connectivity index (χ0v) is 12.6. The Morgan fingerprint density at radius 3 is 2.60 bits per heavy atom. The monoisotopic (exact) mass is 292 g/mol. The van der Waals surface area contributed by atoms with E-state index in [1.54, 1.807) is 12.1 Å². The van der Waals surface area contributed by atoms with Gasteiger partial charge in [-0.1, -0.05) is 13.8 Å². The summed E-state index contributed by atoms with van der Waals surface area (Å²) in [7, 11) is 0. The molecule has 1 unspecified atom stereocenters. The van der Waals surface area contributed by atoms with Crippen LogP contribution in [0.3, 0.4) is 0 Å². The summed E-state index contributed by atoms with van der Waals surface area (Å²) in [5.74, 6) is 0.623. The Balaban J connectivity index is 2.27. The Labute approximate surface area is 124 Å². The molecule has 0 spiro atoms. The average Bonchev–Trinajstić information content (AvgIpc) is 2.42. The van der Waals surface area contributed by atoms with Crippen molar-refractivity contribution < 1.29 is 9.90 Å². The van der Waals surface area contributed by atoms with Crippen LogP contribution in [0.4, 0.5) is 0 Å². The van der Waals surface area contributed by atoms with Gasteiger partial charge in [0.15, 0.2) is 0 Å². The van der Waals surface area contributed by atoms with Crippen LogP contribution in [-0.2, 0) is 4.79 Å². The number of aliphatic hydroxyl groups is 1. The van der Waals surface area contributed by atoms with Crippen LogP contribution in [-0.4, -0.2) is 29.4 Å². The normalized spacial score (nSPS) is 11.9. The lowest BCUT2D eigenvalue weighted by Crippen LogP contribution is -2.33. The summed E-state index contributed by atoms with van der Waals surface area (Å²) in [5.41, 5.74) is 0.607. The van der Waals surface area contributed by atoms with Crippen LogP contribution < -0.4 is 5.32 Å². The molecular formula is C15H20N2O2S. The lowest BCUT2D eigenvalue weighted by Gasteiger charge is -2.13. The molecule has 0 saturated heterocycles. The number of nitriles is 1. The Morgan fingerprint density at radius 2 is 2.05 bits per heavy atom. The Kier molecular flexibility index (Phi) is 7.13. The summed E-state index contributed by atoms with van der Waals surface area (Å²) in [6.07, 6.45) is 0.196. The van der Waals surface area contributed by atoms with Crippen LogP contribution in [0.1, 0.15) is 25.8 Å². The zero-order chi connectivity index (χ0) is 15.0. The van der Waals surface area contributed by atoms with Gasteiger partial charge >= 0.3 is 0 Å². The summed E-state index contributed by atoms with van der Waals surface area (Å²) in [5, 5.41) is 21.1. The zero-order valence-electron chi connectivity index (χ0n) is 11.8. The van der Waals surface area contributed by atoms with Crippen molar-refractivity contribution in [1.82, 2.24) is 5.32 Å². The number of rotatable bonds is 7. The first-order valence-corrected chi connectivity index (χ1v) is 7.57. The van der Waals surface area contributed by atoms with Crippen LogP contribution in [0.5, 0.6) is 0 Å². The minimum absolute atomic E-state index is 0.0952. The summed E-state index contributed by atoms with van der Waals surface area (Å²) in [6.45, 7) is 4.36. The standard InChI is InChI=1S/C15H20N2O2S/c1-11(2)7-13(18)9-17-15(19)10-20-14-5-3-12(8-16)4-6-14/h3-6,11,13,18H,7,9-10H2,1-2H3,(H,17,19). The second-order valence-electron chi connectivity index (χ2n) is 5.01. The number of nitrogens with one attached hydrogen (secondary N) is 1. The van der Waals surface area contributed by atoms with Gasteiger partial charge in [0.05, 0.1) is 23.5 Å². The van der Waals surface area contributed by atoms with Gasteiger partial charge in [-0.2, -0.15) is 5.26 Å². The van der Waals surface area contributed by atoms with Crippen LogP contribution in [0.2, 0.25) is 0 Å². The Hall–Kier alpha value is -1.51. The van der Waals surface area contributed by atoms with Gasteiger partial charge in [-0.3, -0.25) is 4.79 Å². The van der Waals surface area contributed by atoms with E-state index in [0.29, 0.717) is 30.2 Å². The van der Waals surface area contributed by atoms with Crippen LogP contribution in [0.15, 0.2) is 29.2 Å². The molecule has 0 aliphatic heterocycles. The van der Waals surface area contributed by atoms with Crippen LogP contribution in [0.25, 0.3) is 0 Å². The fraction of sp³-hybridized carbons (Fsp3) is 0.467. The van der Waals surface area contributed by atoms with Gasteiger partial charge in [0.25, 0.3) is 0 Å². The second kappa shape index (κ2) is 8.62. The number of carbonyl (C=O) groups excluding carboxylic acids is 1. The minimum Gasteiger partial charge on any atom is -0.391 e. The predicted octanol–water partition coefficient (Wildman–Crippen LogP) is 2.17. The van der Waals surface area contributed by atoms with Crippen molar-refractivity contribution >= 4 is 17.7 Å². The number of benzene rings is 1. The lowest BCUT2D eigenvalue weighted by molar-refractivity contribution is -0.119. The molecule has 108 valence electrons. The van der Waals surface area contributed by atoms with Crippen LogP contribution in [0, 0.1) is 17.2 Å². The van der Waals surface area contributed by atoms with Crippen LogP contribution >= 0.6 is 11.8 Å². The molecule has 20 heavy (non-hydrogen) atoms. The van der Waals surface area contributed by atoms with Gasteiger partial charge in [0.1, 0.15) is 0 Å². The van der Waals surface area contributed by atoms with E-state index in [-0.39, 0.29) is 5.91 Å². The third-order valence-electron chi connectivity index (χ3n) is 2.63. The molecule has 0 bridgehead atoms. The minimum atomic E-state index is -0.487. The maximum Gasteiger partial charge on any atom is 0.230 e. The van der Waals surface area contributed by atoms with Crippen molar-refractivity contribution in [3.8, 4) is 6.07 Å². The van der Waals surface area contributed by atoms with Gasteiger partial charge < -0.3 is 10.4 Å². The first kappa shape index (κ1) is 16.5. The molecule has 0 radical (unpaired) electrons. The number of hydrogen-bond acceptors (Lipinski definition) is 4. The second-order valence-corrected chi connectivity index (χ2v) is 6.06. The number of thioether (sulfide) groups is 1. The Bertz CT molecular complexity index is 466. The number of amides is 1. The van der Waals surface area contributed by atoms with E-state index in [4.69, 9.17) is 5.26 Å². The molecule has 1 aromatic rings. The highest BCUT2D eigenvalue weighted by Gasteiger charge is 2.09. The van der Waals surface area contributed by atoms with E-state index in [2.05, 4.69) is 11.4 Å². The van der Waals surface area contributed by atoms with Gasteiger partial charge in [0, 0.05) is 11.4 Å². The molecule has 1 aromatic carbocycles. The predicted molar refractivity (Wildman–Crippen MR) is 80.4 cm³/mol. The number of nitrogens with zero attached hydrogens (tertiary/aromatic N) is 1. The molecule has 0 aromatic heterocycles. The average molecular weight is 292 g/mol. The van der Waals surface area contributed by atoms with E-state index < -0.39 is 6.10 Å². The van der Waals surface area contributed by atoms with E-state index in [1.807, 2.05) is 26.0 Å². The number of aliphatic hydroxyl groups excluding tert-OH is 1. The molecule has 2 N–H and O–H groups in total. The first-order valence-electron chi connectivity index (χ1n) is 6.59. The fourth-order valence-corrected chi connectivity index (χ4v) is 2.41. The molecule has 1 amide bonds. The molecule has 4 nitrogen and oxygen atoms in total. The molecule has 1 rings (SSSR count). The van der Waals surface area contributed by atoms with E-state index in [1.165, 1.54) is 11.8 Å². The molecule has 0 heterocycles. The van der Waals surface area contributed by atoms with E-state index >= 15 is 0 Å². The molecule has 5 heteroatoms. The summed E-state index contributed by atoms with van der Waals surface area (Å²) >= 11 is 1.41. The maximum atomic E-state index is 11.6. The highest BCUT2D eigenvalue weighted by Crippen LogP contribution is 2.17. The largest absolute Gasteiger partial charge is 0.391 e. The maximum absolute atomic E-state index is 11.6. The van der Waals surface area contributed by atoms with Crippen molar-refractivity contribution in [3.05, 3.63) is 29.8 Å². The van der Waals surface area contributed by atoms with Crippen molar-refractivity contribution in [2.75, 3.05) is 12.3 Å². The van der Waals surface area contributed by atoms with Gasteiger partial charge in [0.2, 0.25) is 5.91 Å². The molecular weight excluding hydrogens is 272 g/mol. The molecule has 0 saturated carbocycles. The summed E-state index contributed by atoms with van der Waals surface area (Å²) < 4.78 is 0. The highest BCUT2D eigenvalue weighted by atomic mass is 32.2. The third-order valence-corrected chi connectivity index (χ3v) is 3.64. The molecule has 0 aliphatic carbocycles. The smallest absolute Gasteiger partial charge is 0.230 e. The SMILES string of the molecule is CC(C)CC(O)CNC(=O)CSc1ccc(C#N)cc1. The summed E-state index contributed by atoms with van der Waals surface area (Å²) in [6, 6.07) is 9.16. The quantitative estimate of drug-likeness (QED) is 0.755. The van der Waals surface area contributed by atoms with E-state index in [0.717, 1.165) is 4.90 Å². The highest BCUT2D eigenvalue weighted by molar-refractivity contribution is 8.00. The molecule has 0 fully saturated rings. The van der Waals surface area contributed by atoms with Crippen molar-refractivity contribution in [1.29, 1.82) is 5.26 Å². The first-order chi connectivity index (χ1) is 9.51. The van der Waals surface area contributed by atoms with Gasteiger partial charge in [-0.25, -0.2) is 0 Å². The summed E-state index contributed by atoms with van der Waals surface area (Å²) in [4.78, 5) is 12.6. The lowest BCUT2D eigenvalue weighted by atomic mass is 10.1. The molecule has 1 atom stereocenters. The third kappa shape index (κ3) is 6.60.